The van der Waals surface area contributed by atoms with Gasteiger partial charge in [-0.3, -0.25) is 5.32 Å². The lowest BCUT2D eigenvalue weighted by Gasteiger charge is -2.15. The normalized spacial score (nSPS) is 11.6. The lowest BCUT2D eigenvalue weighted by molar-refractivity contribution is 0.121. The number of rotatable bonds is 4. The molecular formula is C16H16ClNO3. The molecule has 0 aliphatic carbocycles. The van der Waals surface area contributed by atoms with Gasteiger partial charge in [0.2, 0.25) is 0 Å². The van der Waals surface area contributed by atoms with Gasteiger partial charge >= 0.3 is 6.09 Å². The van der Waals surface area contributed by atoms with Gasteiger partial charge in [-0.05, 0) is 36.8 Å². The Labute approximate surface area is 128 Å². The predicted octanol–water partition coefficient (Wildman–Crippen LogP) is 4.66. The van der Waals surface area contributed by atoms with E-state index in [1.54, 1.807) is 44.4 Å². The first kappa shape index (κ1) is 15.2. The molecule has 0 heterocycles. The van der Waals surface area contributed by atoms with Crippen LogP contribution in [0.4, 0.5) is 10.5 Å². The maximum atomic E-state index is 11.9. The van der Waals surface area contributed by atoms with Crippen LogP contribution in [-0.2, 0) is 4.74 Å². The van der Waals surface area contributed by atoms with Crippen molar-refractivity contribution in [2.24, 2.45) is 0 Å². The third-order valence-electron chi connectivity index (χ3n) is 2.97. The summed E-state index contributed by atoms with van der Waals surface area (Å²) in [6.45, 7) is 1.80. The molecule has 0 aliphatic rings. The maximum Gasteiger partial charge on any atom is 0.412 e. The lowest BCUT2D eigenvalue weighted by Crippen LogP contribution is -2.16. The van der Waals surface area contributed by atoms with Crippen LogP contribution in [0, 0.1) is 0 Å². The molecule has 1 N–H and O–H groups in total. The molecule has 0 unspecified atom stereocenters. The van der Waals surface area contributed by atoms with Crippen molar-refractivity contribution in [2.45, 2.75) is 13.0 Å². The van der Waals surface area contributed by atoms with E-state index in [9.17, 15) is 4.79 Å². The van der Waals surface area contributed by atoms with Gasteiger partial charge in [-0.25, -0.2) is 4.79 Å². The van der Waals surface area contributed by atoms with Crippen molar-refractivity contribution < 1.29 is 14.3 Å². The zero-order chi connectivity index (χ0) is 15.2. The van der Waals surface area contributed by atoms with Crippen molar-refractivity contribution in [2.75, 3.05) is 12.4 Å². The number of hydrogen-bond acceptors (Lipinski definition) is 3. The van der Waals surface area contributed by atoms with Crippen molar-refractivity contribution in [3.05, 3.63) is 59.1 Å². The fraction of sp³-hybridized carbons (Fsp3) is 0.188. The van der Waals surface area contributed by atoms with Crippen LogP contribution in [0.3, 0.4) is 0 Å². The number of anilines is 1. The molecule has 0 fully saturated rings. The van der Waals surface area contributed by atoms with Crippen LogP contribution in [0.15, 0.2) is 48.5 Å². The third-order valence-corrected chi connectivity index (χ3v) is 3.22. The Hall–Kier alpha value is -2.20. The molecule has 0 radical (unpaired) electrons. The van der Waals surface area contributed by atoms with Gasteiger partial charge in [-0.1, -0.05) is 35.9 Å². The molecule has 0 aliphatic heterocycles. The minimum absolute atomic E-state index is 0.378. The second-order valence-corrected chi connectivity index (χ2v) is 4.86. The monoisotopic (exact) mass is 305 g/mol. The fourth-order valence-electron chi connectivity index (χ4n) is 1.85. The summed E-state index contributed by atoms with van der Waals surface area (Å²) in [5, 5.41) is 3.30. The molecule has 0 saturated carbocycles. The zero-order valence-electron chi connectivity index (χ0n) is 11.8. The lowest BCUT2D eigenvalue weighted by atomic mass is 10.1. The second kappa shape index (κ2) is 6.99. The highest BCUT2D eigenvalue weighted by Gasteiger charge is 2.13. The van der Waals surface area contributed by atoms with Gasteiger partial charge < -0.3 is 9.47 Å². The number of nitrogens with one attached hydrogen (secondary N) is 1. The van der Waals surface area contributed by atoms with Crippen molar-refractivity contribution in [3.8, 4) is 5.75 Å². The number of carbonyl (C=O) groups excluding carboxylic acids is 1. The number of methoxy groups -OCH3 is 1. The molecule has 2 rings (SSSR count). The molecule has 5 heteroatoms. The van der Waals surface area contributed by atoms with Crippen LogP contribution in [0.25, 0.3) is 0 Å². The Morgan fingerprint density at radius 1 is 1.14 bits per heavy atom. The minimum Gasteiger partial charge on any atom is -0.495 e. The highest BCUT2D eigenvalue weighted by atomic mass is 35.5. The van der Waals surface area contributed by atoms with Gasteiger partial charge in [0.05, 0.1) is 12.8 Å². The topological polar surface area (TPSA) is 47.6 Å². The van der Waals surface area contributed by atoms with E-state index in [0.717, 1.165) is 5.56 Å². The van der Waals surface area contributed by atoms with Crippen molar-refractivity contribution in [1.29, 1.82) is 0 Å². The van der Waals surface area contributed by atoms with E-state index in [-0.39, 0.29) is 6.10 Å². The van der Waals surface area contributed by atoms with Crippen LogP contribution < -0.4 is 10.1 Å². The first-order chi connectivity index (χ1) is 10.1. The van der Waals surface area contributed by atoms with Gasteiger partial charge in [0.25, 0.3) is 0 Å². The molecule has 21 heavy (non-hydrogen) atoms. The Kier molecular flexibility index (Phi) is 5.06. The summed E-state index contributed by atoms with van der Waals surface area (Å²) >= 11 is 5.83. The van der Waals surface area contributed by atoms with Crippen molar-refractivity contribution in [1.82, 2.24) is 0 Å². The molecule has 0 spiro atoms. The summed E-state index contributed by atoms with van der Waals surface area (Å²) in [7, 11) is 1.54. The molecule has 2 aromatic carbocycles. The summed E-state index contributed by atoms with van der Waals surface area (Å²) in [5.41, 5.74) is 1.43. The molecule has 2 aromatic rings. The smallest absolute Gasteiger partial charge is 0.412 e. The van der Waals surface area contributed by atoms with E-state index in [0.29, 0.717) is 16.5 Å². The first-order valence-corrected chi connectivity index (χ1v) is 6.84. The molecule has 1 atom stereocenters. The van der Waals surface area contributed by atoms with E-state index < -0.39 is 6.09 Å². The van der Waals surface area contributed by atoms with Crippen LogP contribution in [0.1, 0.15) is 18.6 Å². The van der Waals surface area contributed by atoms with E-state index in [1.165, 1.54) is 0 Å². The Bertz CT molecular complexity index is 613. The Balaban J connectivity index is 1.99. The molecule has 1 amide bonds. The van der Waals surface area contributed by atoms with Crippen molar-refractivity contribution in [3.63, 3.8) is 0 Å². The molecule has 110 valence electrons. The molecule has 0 saturated heterocycles. The first-order valence-electron chi connectivity index (χ1n) is 6.46. The summed E-state index contributed by atoms with van der Waals surface area (Å²) in [4.78, 5) is 11.9. The van der Waals surface area contributed by atoms with Gasteiger partial charge in [0, 0.05) is 5.02 Å². The van der Waals surface area contributed by atoms with Gasteiger partial charge in [-0.2, -0.15) is 0 Å². The summed E-state index contributed by atoms with van der Waals surface area (Å²) in [6.07, 6.45) is -0.918. The average Bonchev–Trinajstić information content (AvgIpc) is 2.48. The van der Waals surface area contributed by atoms with Crippen LogP contribution in [0.2, 0.25) is 5.02 Å². The molecule has 4 nitrogen and oxygen atoms in total. The highest BCUT2D eigenvalue weighted by molar-refractivity contribution is 6.30. The fourth-order valence-corrected chi connectivity index (χ4v) is 1.98. The van der Waals surface area contributed by atoms with E-state index in [4.69, 9.17) is 21.1 Å². The van der Waals surface area contributed by atoms with Gasteiger partial charge in [-0.15, -0.1) is 0 Å². The second-order valence-electron chi connectivity index (χ2n) is 4.42. The number of para-hydroxylation sites is 2. The minimum atomic E-state index is -0.540. The standard InChI is InChI=1S/C16H16ClNO3/c1-11(12-7-9-13(17)10-8-12)21-16(19)18-14-5-3-4-6-15(14)20-2/h3-11H,1-2H3,(H,18,19)/t11-/m1/s1. The van der Waals surface area contributed by atoms with Gasteiger partial charge in [0.15, 0.2) is 0 Å². The number of benzene rings is 2. The predicted molar refractivity (Wildman–Crippen MR) is 83.0 cm³/mol. The summed E-state index contributed by atoms with van der Waals surface area (Å²) < 4.78 is 10.5. The number of carbonyl (C=O) groups is 1. The number of amides is 1. The SMILES string of the molecule is COc1ccccc1NC(=O)O[C@H](C)c1ccc(Cl)cc1. The van der Waals surface area contributed by atoms with E-state index >= 15 is 0 Å². The van der Waals surface area contributed by atoms with E-state index in [1.807, 2.05) is 18.2 Å². The van der Waals surface area contributed by atoms with Crippen LogP contribution >= 0.6 is 11.6 Å². The van der Waals surface area contributed by atoms with Crippen molar-refractivity contribution >= 4 is 23.4 Å². The van der Waals surface area contributed by atoms with Crippen LogP contribution in [0.5, 0.6) is 5.75 Å². The third kappa shape index (κ3) is 4.13. The maximum absolute atomic E-state index is 11.9. The number of hydrogen-bond donors (Lipinski definition) is 1. The van der Waals surface area contributed by atoms with Crippen LogP contribution in [-0.4, -0.2) is 13.2 Å². The van der Waals surface area contributed by atoms with E-state index in [2.05, 4.69) is 5.32 Å². The Morgan fingerprint density at radius 2 is 1.81 bits per heavy atom. The molecule has 0 bridgehead atoms. The zero-order valence-corrected chi connectivity index (χ0v) is 12.6. The molecule has 0 aromatic heterocycles. The van der Waals surface area contributed by atoms with Gasteiger partial charge in [0.1, 0.15) is 11.9 Å². The number of halogens is 1. The number of ether oxygens (including phenoxy) is 2. The quantitative estimate of drug-likeness (QED) is 0.893. The largest absolute Gasteiger partial charge is 0.495 e. The Morgan fingerprint density at radius 3 is 2.48 bits per heavy atom. The average molecular weight is 306 g/mol. The summed E-state index contributed by atoms with van der Waals surface area (Å²) in [5.74, 6) is 0.577. The molecular weight excluding hydrogens is 290 g/mol. The summed E-state index contributed by atoms with van der Waals surface area (Å²) in [6, 6.07) is 14.3. The highest BCUT2D eigenvalue weighted by Crippen LogP contribution is 2.24.